The number of carbonyl (C=O) groups excluding carboxylic acids is 1. The number of aromatic hydroxyl groups is 1. The maximum absolute atomic E-state index is 11.7. The first-order chi connectivity index (χ1) is 8.25. The van der Waals surface area contributed by atoms with Crippen molar-refractivity contribution in [2.45, 2.75) is 0 Å². The van der Waals surface area contributed by atoms with Crippen molar-refractivity contribution in [3.63, 3.8) is 0 Å². The Morgan fingerprint density at radius 2 is 2.06 bits per heavy atom. The summed E-state index contributed by atoms with van der Waals surface area (Å²) in [7, 11) is 0. The second-order valence-corrected chi connectivity index (χ2v) is 3.50. The quantitative estimate of drug-likeness (QED) is 0.645. The number of hydrogen-bond acceptors (Lipinski definition) is 3. The number of ketones is 1. The van der Waals surface area contributed by atoms with Gasteiger partial charge in [0.05, 0.1) is 5.69 Å². The van der Waals surface area contributed by atoms with Gasteiger partial charge in [-0.05, 0) is 36.4 Å². The van der Waals surface area contributed by atoms with E-state index in [2.05, 4.69) is 4.98 Å². The summed E-state index contributed by atoms with van der Waals surface area (Å²) in [4.78, 5) is 15.8. The molecule has 1 N–H and O–H groups in total. The lowest BCUT2D eigenvalue weighted by atomic mass is 10.1. The van der Waals surface area contributed by atoms with Gasteiger partial charge in [-0.1, -0.05) is 18.2 Å². The van der Waals surface area contributed by atoms with Crippen LogP contribution in [0.3, 0.4) is 0 Å². The molecule has 0 saturated carbocycles. The van der Waals surface area contributed by atoms with Crippen LogP contribution in [0.25, 0.3) is 6.08 Å². The van der Waals surface area contributed by atoms with Crippen LogP contribution < -0.4 is 0 Å². The van der Waals surface area contributed by atoms with E-state index in [-0.39, 0.29) is 11.5 Å². The van der Waals surface area contributed by atoms with Crippen LogP contribution in [0.4, 0.5) is 0 Å². The molecule has 0 aliphatic carbocycles. The highest BCUT2D eigenvalue weighted by atomic mass is 16.3. The molecule has 2 rings (SSSR count). The van der Waals surface area contributed by atoms with E-state index in [1.807, 2.05) is 18.2 Å². The number of phenols is 1. The summed E-state index contributed by atoms with van der Waals surface area (Å²) in [5.41, 5.74) is 1.18. The minimum Gasteiger partial charge on any atom is -0.508 e. The number of carbonyl (C=O) groups is 1. The smallest absolute Gasteiger partial charge is 0.186 e. The maximum Gasteiger partial charge on any atom is 0.186 e. The fraction of sp³-hybridized carbons (Fsp3) is 0. The third-order valence-electron chi connectivity index (χ3n) is 2.22. The number of pyridine rings is 1. The predicted octanol–water partition coefficient (Wildman–Crippen LogP) is 2.68. The summed E-state index contributed by atoms with van der Waals surface area (Å²) in [6.45, 7) is 0. The molecular weight excluding hydrogens is 214 g/mol. The van der Waals surface area contributed by atoms with Crippen molar-refractivity contribution in [2.75, 3.05) is 0 Å². The average Bonchev–Trinajstić information content (AvgIpc) is 2.37. The molecule has 0 spiro atoms. The number of aromatic nitrogens is 1. The summed E-state index contributed by atoms with van der Waals surface area (Å²) in [6, 6.07) is 11.7. The molecule has 2 aromatic rings. The molecule has 84 valence electrons. The summed E-state index contributed by atoms with van der Waals surface area (Å²) in [5.74, 6) is -0.0753. The molecule has 0 aliphatic rings. The molecule has 3 heteroatoms. The van der Waals surface area contributed by atoms with Crippen molar-refractivity contribution < 1.29 is 9.90 Å². The normalized spacial score (nSPS) is 10.6. The van der Waals surface area contributed by atoms with E-state index in [9.17, 15) is 9.90 Å². The van der Waals surface area contributed by atoms with Crippen LogP contribution in [-0.4, -0.2) is 15.9 Å². The summed E-state index contributed by atoms with van der Waals surface area (Å²) in [5, 5.41) is 9.26. The topological polar surface area (TPSA) is 50.2 Å². The summed E-state index contributed by atoms with van der Waals surface area (Å²) in [6.07, 6.45) is 4.75. The van der Waals surface area contributed by atoms with Crippen molar-refractivity contribution in [3.8, 4) is 5.75 Å². The Labute approximate surface area is 99.1 Å². The Hall–Kier alpha value is -2.42. The molecule has 0 atom stereocenters. The highest BCUT2D eigenvalue weighted by Crippen LogP contribution is 2.12. The molecule has 0 aliphatic heterocycles. The van der Waals surface area contributed by atoms with Crippen LogP contribution >= 0.6 is 0 Å². The van der Waals surface area contributed by atoms with Crippen molar-refractivity contribution in [1.82, 2.24) is 4.98 Å². The second-order valence-electron chi connectivity index (χ2n) is 3.50. The number of allylic oxidation sites excluding steroid dienone is 1. The zero-order valence-electron chi connectivity index (χ0n) is 9.08. The van der Waals surface area contributed by atoms with E-state index >= 15 is 0 Å². The molecule has 0 amide bonds. The van der Waals surface area contributed by atoms with E-state index in [0.29, 0.717) is 5.56 Å². The highest BCUT2D eigenvalue weighted by molar-refractivity contribution is 6.06. The summed E-state index contributed by atoms with van der Waals surface area (Å²) >= 11 is 0. The van der Waals surface area contributed by atoms with Gasteiger partial charge >= 0.3 is 0 Å². The molecule has 0 fully saturated rings. The van der Waals surface area contributed by atoms with Crippen LogP contribution in [0, 0.1) is 0 Å². The Morgan fingerprint density at radius 1 is 1.18 bits per heavy atom. The first-order valence-electron chi connectivity index (χ1n) is 5.18. The third-order valence-corrected chi connectivity index (χ3v) is 2.22. The molecule has 17 heavy (non-hydrogen) atoms. The zero-order chi connectivity index (χ0) is 12.1. The molecule has 1 heterocycles. The van der Waals surface area contributed by atoms with Crippen LogP contribution in [0.2, 0.25) is 0 Å². The predicted molar refractivity (Wildman–Crippen MR) is 65.7 cm³/mol. The SMILES string of the molecule is O=C(/C=C/c1ccccn1)c1cccc(O)c1. The monoisotopic (exact) mass is 225 g/mol. The van der Waals surface area contributed by atoms with Crippen molar-refractivity contribution >= 4 is 11.9 Å². The molecular formula is C14H11NO2. The largest absolute Gasteiger partial charge is 0.508 e. The fourth-order valence-corrected chi connectivity index (χ4v) is 1.39. The van der Waals surface area contributed by atoms with Gasteiger partial charge in [0.1, 0.15) is 5.75 Å². The number of rotatable bonds is 3. The number of hydrogen-bond donors (Lipinski definition) is 1. The number of benzene rings is 1. The molecule has 1 aromatic heterocycles. The first-order valence-corrected chi connectivity index (χ1v) is 5.18. The van der Waals surface area contributed by atoms with Crippen molar-refractivity contribution in [3.05, 3.63) is 66.0 Å². The minimum atomic E-state index is -0.161. The van der Waals surface area contributed by atoms with Crippen LogP contribution in [0.1, 0.15) is 16.1 Å². The van der Waals surface area contributed by atoms with Gasteiger partial charge in [-0.3, -0.25) is 9.78 Å². The van der Waals surface area contributed by atoms with E-state index in [1.165, 1.54) is 18.2 Å². The van der Waals surface area contributed by atoms with Gasteiger partial charge in [0.2, 0.25) is 0 Å². The second kappa shape index (κ2) is 5.07. The maximum atomic E-state index is 11.7. The van der Waals surface area contributed by atoms with Gasteiger partial charge in [0.25, 0.3) is 0 Å². The van der Waals surface area contributed by atoms with E-state index in [0.717, 1.165) is 5.69 Å². The summed E-state index contributed by atoms with van der Waals surface area (Å²) < 4.78 is 0. The van der Waals surface area contributed by atoms with Gasteiger partial charge in [0.15, 0.2) is 5.78 Å². The number of phenolic OH excluding ortho intramolecular Hbond substituents is 1. The van der Waals surface area contributed by atoms with Crippen molar-refractivity contribution in [1.29, 1.82) is 0 Å². The lowest BCUT2D eigenvalue weighted by Gasteiger charge is -1.96. The number of nitrogens with zero attached hydrogens (tertiary/aromatic N) is 1. The Kier molecular flexibility index (Phi) is 3.31. The fourth-order valence-electron chi connectivity index (χ4n) is 1.39. The van der Waals surface area contributed by atoms with Crippen LogP contribution in [-0.2, 0) is 0 Å². The van der Waals surface area contributed by atoms with Gasteiger partial charge in [-0.2, -0.15) is 0 Å². The van der Waals surface area contributed by atoms with Crippen LogP contribution in [0.15, 0.2) is 54.7 Å². The minimum absolute atomic E-state index is 0.0853. The lowest BCUT2D eigenvalue weighted by molar-refractivity contribution is 0.104. The Morgan fingerprint density at radius 3 is 2.76 bits per heavy atom. The molecule has 0 radical (unpaired) electrons. The highest BCUT2D eigenvalue weighted by Gasteiger charge is 2.01. The van der Waals surface area contributed by atoms with Gasteiger partial charge in [-0.25, -0.2) is 0 Å². The lowest BCUT2D eigenvalue weighted by Crippen LogP contribution is -1.93. The standard InChI is InChI=1S/C14H11NO2/c16-13-6-3-4-11(10-13)14(17)8-7-12-5-1-2-9-15-12/h1-10,16H/b8-7+. The average molecular weight is 225 g/mol. The first kappa shape index (κ1) is 11.1. The molecule has 0 unspecified atom stereocenters. The third kappa shape index (κ3) is 3.01. The molecule has 0 bridgehead atoms. The molecule has 3 nitrogen and oxygen atoms in total. The van der Waals surface area contributed by atoms with Gasteiger partial charge in [-0.15, -0.1) is 0 Å². The molecule has 0 saturated heterocycles. The molecule has 1 aromatic carbocycles. The Balaban J connectivity index is 2.15. The van der Waals surface area contributed by atoms with E-state index in [1.54, 1.807) is 24.4 Å². The van der Waals surface area contributed by atoms with Gasteiger partial charge < -0.3 is 5.11 Å². The van der Waals surface area contributed by atoms with E-state index in [4.69, 9.17) is 0 Å². The van der Waals surface area contributed by atoms with Crippen LogP contribution in [0.5, 0.6) is 5.75 Å². The van der Waals surface area contributed by atoms with Crippen molar-refractivity contribution in [2.24, 2.45) is 0 Å². The Bertz CT molecular complexity index is 547. The van der Waals surface area contributed by atoms with Gasteiger partial charge in [0, 0.05) is 11.8 Å². The van der Waals surface area contributed by atoms with E-state index < -0.39 is 0 Å². The zero-order valence-corrected chi connectivity index (χ0v) is 9.08.